The number of pyridine rings is 1. The fourth-order valence-electron chi connectivity index (χ4n) is 1.68. The van der Waals surface area contributed by atoms with Gasteiger partial charge >= 0.3 is 0 Å². The molecule has 0 aliphatic rings. The number of aryl methyl sites for hydroxylation is 1. The van der Waals surface area contributed by atoms with Crippen LogP contribution in [0.5, 0.6) is 0 Å². The van der Waals surface area contributed by atoms with Gasteiger partial charge in [0.1, 0.15) is 0 Å². The number of nitrogens with zero attached hydrogens (tertiary/aromatic N) is 3. The number of nitro groups is 1. The average molecular weight is 279 g/mol. The molecule has 2 heterocycles. The highest BCUT2D eigenvalue weighted by molar-refractivity contribution is 7.09. The molecule has 0 spiro atoms. The van der Waals surface area contributed by atoms with Gasteiger partial charge in [-0.2, -0.15) is 0 Å². The zero-order chi connectivity index (χ0) is 13.8. The number of aromatic nitrogens is 2. The highest BCUT2D eigenvalue weighted by atomic mass is 32.1. The Hall–Kier alpha value is -2.02. The van der Waals surface area contributed by atoms with E-state index in [2.05, 4.69) is 11.9 Å². The zero-order valence-electron chi connectivity index (χ0n) is 10.4. The van der Waals surface area contributed by atoms with Gasteiger partial charge < -0.3 is 4.57 Å². The Morgan fingerprint density at radius 1 is 1.47 bits per heavy atom. The third kappa shape index (κ3) is 3.25. The maximum Gasteiger partial charge on any atom is 0.285 e. The normalized spacial score (nSPS) is 10.6. The first-order valence-corrected chi connectivity index (χ1v) is 6.76. The molecule has 2 aromatic heterocycles. The molecule has 0 radical (unpaired) electrons. The van der Waals surface area contributed by atoms with Crippen LogP contribution >= 0.6 is 11.3 Å². The molecule has 2 aromatic rings. The molecule has 2 rings (SSSR count). The van der Waals surface area contributed by atoms with Crippen LogP contribution in [-0.4, -0.2) is 14.5 Å². The summed E-state index contributed by atoms with van der Waals surface area (Å²) >= 11 is 1.55. The van der Waals surface area contributed by atoms with Crippen molar-refractivity contribution in [3.63, 3.8) is 0 Å². The van der Waals surface area contributed by atoms with Gasteiger partial charge in [-0.3, -0.25) is 14.9 Å². The van der Waals surface area contributed by atoms with E-state index in [1.807, 2.05) is 5.38 Å². The third-order valence-corrected chi connectivity index (χ3v) is 3.53. The molecule has 0 fully saturated rings. The first-order chi connectivity index (χ1) is 9.10. The maximum atomic E-state index is 11.6. The summed E-state index contributed by atoms with van der Waals surface area (Å²) in [7, 11) is 0. The molecule has 0 N–H and O–H groups in total. The van der Waals surface area contributed by atoms with Crippen molar-refractivity contribution >= 4 is 17.0 Å². The Labute approximate surface area is 113 Å². The quantitative estimate of drug-likeness (QED) is 0.621. The molecule has 0 unspecified atom stereocenters. The lowest BCUT2D eigenvalue weighted by atomic mass is 10.3. The van der Waals surface area contributed by atoms with E-state index in [-0.39, 0.29) is 17.8 Å². The molecule has 0 aliphatic carbocycles. The minimum Gasteiger partial charge on any atom is -0.303 e. The van der Waals surface area contributed by atoms with E-state index in [1.54, 1.807) is 11.3 Å². The van der Waals surface area contributed by atoms with Crippen LogP contribution in [0.4, 0.5) is 5.69 Å². The highest BCUT2D eigenvalue weighted by Crippen LogP contribution is 2.13. The first kappa shape index (κ1) is 13.4. The summed E-state index contributed by atoms with van der Waals surface area (Å²) < 4.78 is 1.31. The van der Waals surface area contributed by atoms with E-state index in [1.165, 1.54) is 22.9 Å². The Bertz CT molecular complexity index is 648. The minimum absolute atomic E-state index is 0.0939. The fourth-order valence-corrected chi connectivity index (χ4v) is 2.57. The molecular weight excluding hydrogens is 266 g/mol. The van der Waals surface area contributed by atoms with Gasteiger partial charge in [-0.1, -0.05) is 6.92 Å². The fraction of sp³-hybridized carbons (Fsp3) is 0.333. The number of rotatable bonds is 5. The molecule has 0 atom stereocenters. The van der Waals surface area contributed by atoms with Crippen molar-refractivity contribution < 1.29 is 4.92 Å². The summed E-state index contributed by atoms with van der Waals surface area (Å²) in [4.78, 5) is 26.2. The second kappa shape index (κ2) is 5.75. The van der Waals surface area contributed by atoms with Crippen LogP contribution in [0.15, 0.2) is 28.5 Å². The van der Waals surface area contributed by atoms with Gasteiger partial charge in [-0.05, 0) is 12.8 Å². The largest absolute Gasteiger partial charge is 0.303 e. The Morgan fingerprint density at radius 3 is 2.95 bits per heavy atom. The lowest BCUT2D eigenvalue weighted by Crippen LogP contribution is -2.19. The molecule has 0 aromatic carbocycles. The lowest BCUT2D eigenvalue weighted by molar-refractivity contribution is -0.385. The first-order valence-electron chi connectivity index (χ1n) is 5.88. The van der Waals surface area contributed by atoms with Crippen molar-refractivity contribution in [2.24, 2.45) is 0 Å². The van der Waals surface area contributed by atoms with Crippen molar-refractivity contribution in [2.45, 2.75) is 26.3 Å². The van der Waals surface area contributed by atoms with Gasteiger partial charge in [0.05, 0.1) is 28.4 Å². The zero-order valence-corrected chi connectivity index (χ0v) is 11.2. The SMILES string of the molecule is CCCc1nc(Cn2cc([N+](=O)[O-])ccc2=O)cs1. The van der Waals surface area contributed by atoms with Crippen molar-refractivity contribution in [2.75, 3.05) is 0 Å². The van der Waals surface area contributed by atoms with Crippen LogP contribution < -0.4 is 5.56 Å². The molecule has 7 heteroatoms. The summed E-state index contributed by atoms with van der Waals surface area (Å²) in [5.41, 5.74) is 0.398. The monoisotopic (exact) mass is 279 g/mol. The van der Waals surface area contributed by atoms with Crippen molar-refractivity contribution in [1.82, 2.24) is 9.55 Å². The smallest absolute Gasteiger partial charge is 0.285 e. The predicted octanol–water partition coefficient (Wildman–Crippen LogP) is 2.21. The van der Waals surface area contributed by atoms with Gasteiger partial charge in [-0.25, -0.2) is 4.98 Å². The number of thiazole rings is 1. The van der Waals surface area contributed by atoms with Crippen LogP contribution in [0.25, 0.3) is 0 Å². The topological polar surface area (TPSA) is 78.0 Å². The molecule has 100 valence electrons. The molecule has 0 bridgehead atoms. The van der Waals surface area contributed by atoms with Gasteiger partial charge in [-0.15, -0.1) is 11.3 Å². The van der Waals surface area contributed by atoms with E-state index in [0.717, 1.165) is 23.5 Å². The van der Waals surface area contributed by atoms with Crippen LogP contribution in [0.3, 0.4) is 0 Å². The Kier molecular flexibility index (Phi) is 4.06. The van der Waals surface area contributed by atoms with E-state index in [0.29, 0.717) is 0 Å². The summed E-state index contributed by atoms with van der Waals surface area (Å²) in [6.45, 7) is 2.34. The van der Waals surface area contributed by atoms with Crippen molar-refractivity contribution in [3.05, 3.63) is 54.9 Å². The second-order valence-electron chi connectivity index (χ2n) is 4.09. The van der Waals surface area contributed by atoms with Crippen LogP contribution in [0, 0.1) is 10.1 Å². The highest BCUT2D eigenvalue weighted by Gasteiger charge is 2.09. The van der Waals surface area contributed by atoms with Crippen molar-refractivity contribution in [3.8, 4) is 0 Å². The van der Waals surface area contributed by atoms with E-state index >= 15 is 0 Å². The lowest BCUT2D eigenvalue weighted by Gasteiger charge is -2.02. The number of hydrogen-bond donors (Lipinski definition) is 0. The van der Waals surface area contributed by atoms with Crippen LogP contribution in [0.1, 0.15) is 24.0 Å². The van der Waals surface area contributed by atoms with Gasteiger partial charge in [0.25, 0.3) is 11.2 Å². The maximum absolute atomic E-state index is 11.6. The molecule has 0 saturated carbocycles. The van der Waals surface area contributed by atoms with Gasteiger partial charge in [0, 0.05) is 17.5 Å². The standard InChI is InChI=1S/C12H13N3O3S/c1-2-3-11-13-9(8-19-11)6-14-7-10(15(17)18)4-5-12(14)16/h4-5,7-8H,2-3,6H2,1H3. The molecule has 19 heavy (non-hydrogen) atoms. The van der Waals surface area contributed by atoms with E-state index in [9.17, 15) is 14.9 Å². The summed E-state index contributed by atoms with van der Waals surface area (Å²) in [6, 6.07) is 2.42. The molecule has 6 nitrogen and oxygen atoms in total. The summed E-state index contributed by atoms with van der Waals surface area (Å²) in [5.74, 6) is 0. The van der Waals surface area contributed by atoms with Crippen molar-refractivity contribution in [1.29, 1.82) is 0 Å². The van der Waals surface area contributed by atoms with Crippen LogP contribution in [0.2, 0.25) is 0 Å². The van der Waals surface area contributed by atoms with Gasteiger partial charge in [0.2, 0.25) is 0 Å². The average Bonchev–Trinajstić information content (AvgIpc) is 2.80. The third-order valence-electron chi connectivity index (χ3n) is 2.57. The minimum atomic E-state index is -0.514. The van der Waals surface area contributed by atoms with E-state index in [4.69, 9.17) is 0 Å². The molecule has 0 saturated heterocycles. The Morgan fingerprint density at radius 2 is 2.26 bits per heavy atom. The summed E-state index contributed by atoms with van der Waals surface area (Å²) in [5, 5.41) is 13.6. The number of hydrogen-bond acceptors (Lipinski definition) is 5. The predicted molar refractivity (Wildman–Crippen MR) is 72.6 cm³/mol. The second-order valence-corrected chi connectivity index (χ2v) is 5.04. The molecule has 0 amide bonds. The summed E-state index contributed by atoms with van der Waals surface area (Å²) in [6.07, 6.45) is 3.18. The van der Waals surface area contributed by atoms with E-state index < -0.39 is 4.92 Å². The van der Waals surface area contributed by atoms with Gasteiger partial charge in [0.15, 0.2) is 0 Å². The Balaban J connectivity index is 2.24. The molecule has 0 aliphatic heterocycles. The van der Waals surface area contributed by atoms with Crippen LogP contribution in [-0.2, 0) is 13.0 Å². The molecular formula is C12H13N3O3S.